The summed E-state index contributed by atoms with van der Waals surface area (Å²) in [6.07, 6.45) is 12.6. The summed E-state index contributed by atoms with van der Waals surface area (Å²) < 4.78 is 1.91. The van der Waals surface area contributed by atoms with E-state index in [-0.39, 0.29) is 0 Å². The first-order valence-electron chi connectivity index (χ1n) is 8.54. The molecule has 0 aliphatic heterocycles. The molecular weight excluding hydrogens is 274 g/mol. The topological polar surface area (TPSA) is 55.1 Å². The molecule has 1 fully saturated rings. The molecule has 2 heterocycles. The van der Waals surface area contributed by atoms with Gasteiger partial charge in [0.2, 0.25) is 0 Å². The molecule has 0 aromatic carbocycles. The lowest BCUT2D eigenvalue weighted by atomic mass is 10.1. The standard InChI is InChI=1S/C17H23N5/c1-2-4-6-13(5-3-1)11-12-18-15-9-10-16-19-20-17(14-7-8-14)22(16)21-15/h5,9-10,14H,1-4,6-8,11-12H2,(H,18,21). The number of nitrogens with one attached hydrogen (secondary N) is 1. The number of aromatic nitrogens is 4. The van der Waals surface area contributed by atoms with E-state index in [1.807, 2.05) is 16.6 Å². The average molecular weight is 297 g/mol. The van der Waals surface area contributed by atoms with Gasteiger partial charge in [-0.2, -0.15) is 4.52 Å². The highest BCUT2D eigenvalue weighted by Crippen LogP contribution is 2.38. The fourth-order valence-electron chi connectivity index (χ4n) is 3.16. The predicted octanol–water partition coefficient (Wildman–Crippen LogP) is 3.69. The van der Waals surface area contributed by atoms with Crippen LogP contribution in [0.5, 0.6) is 0 Å². The molecule has 4 rings (SSSR count). The summed E-state index contributed by atoms with van der Waals surface area (Å²) in [5.41, 5.74) is 2.45. The smallest absolute Gasteiger partial charge is 0.178 e. The highest BCUT2D eigenvalue weighted by Gasteiger charge is 2.29. The van der Waals surface area contributed by atoms with Gasteiger partial charge in [-0.25, -0.2) is 0 Å². The van der Waals surface area contributed by atoms with Gasteiger partial charge < -0.3 is 5.32 Å². The Morgan fingerprint density at radius 3 is 3.00 bits per heavy atom. The molecule has 5 heteroatoms. The first-order valence-corrected chi connectivity index (χ1v) is 8.54. The number of allylic oxidation sites excluding steroid dienone is 1. The molecule has 0 radical (unpaired) electrons. The normalized spacial score (nSPS) is 19.0. The van der Waals surface area contributed by atoms with E-state index in [0.717, 1.165) is 30.3 Å². The summed E-state index contributed by atoms with van der Waals surface area (Å²) in [5.74, 6) is 2.50. The van der Waals surface area contributed by atoms with E-state index in [1.165, 1.54) is 44.9 Å². The molecule has 5 nitrogen and oxygen atoms in total. The van der Waals surface area contributed by atoms with Gasteiger partial charge in [0, 0.05) is 12.5 Å². The van der Waals surface area contributed by atoms with E-state index in [4.69, 9.17) is 0 Å². The summed E-state index contributed by atoms with van der Waals surface area (Å²) in [5, 5.41) is 16.6. The van der Waals surface area contributed by atoms with E-state index in [1.54, 1.807) is 5.57 Å². The second kappa shape index (κ2) is 6.07. The van der Waals surface area contributed by atoms with Crippen molar-refractivity contribution < 1.29 is 0 Å². The van der Waals surface area contributed by atoms with Crippen LogP contribution in [0.3, 0.4) is 0 Å². The van der Waals surface area contributed by atoms with Gasteiger partial charge in [0.15, 0.2) is 11.5 Å². The van der Waals surface area contributed by atoms with Crippen molar-refractivity contribution in [1.29, 1.82) is 0 Å². The van der Waals surface area contributed by atoms with Crippen molar-refractivity contribution in [1.82, 2.24) is 19.8 Å². The molecule has 0 spiro atoms. The number of hydrogen-bond acceptors (Lipinski definition) is 4. The van der Waals surface area contributed by atoms with Crippen molar-refractivity contribution in [2.24, 2.45) is 0 Å². The van der Waals surface area contributed by atoms with E-state index >= 15 is 0 Å². The van der Waals surface area contributed by atoms with Gasteiger partial charge in [0.25, 0.3) is 0 Å². The minimum Gasteiger partial charge on any atom is -0.368 e. The van der Waals surface area contributed by atoms with Gasteiger partial charge in [-0.15, -0.1) is 15.3 Å². The Hall–Kier alpha value is -1.91. The van der Waals surface area contributed by atoms with Gasteiger partial charge in [0.05, 0.1) is 0 Å². The number of fused-ring (bicyclic) bond motifs is 1. The highest BCUT2D eigenvalue weighted by molar-refractivity contribution is 5.44. The lowest BCUT2D eigenvalue weighted by molar-refractivity contribution is 0.703. The quantitative estimate of drug-likeness (QED) is 0.855. The van der Waals surface area contributed by atoms with E-state index in [2.05, 4.69) is 26.7 Å². The van der Waals surface area contributed by atoms with Crippen molar-refractivity contribution in [3.05, 3.63) is 29.6 Å². The zero-order valence-electron chi connectivity index (χ0n) is 13.0. The van der Waals surface area contributed by atoms with Crippen molar-refractivity contribution >= 4 is 11.5 Å². The molecule has 0 atom stereocenters. The molecule has 0 unspecified atom stereocenters. The number of rotatable bonds is 5. The number of nitrogens with zero attached hydrogens (tertiary/aromatic N) is 4. The summed E-state index contributed by atoms with van der Waals surface area (Å²) in [4.78, 5) is 0. The molecular formula is C17H23N5. The minimum atomic E-state index is 0.564. The Morgan fingerprint density at radius 2 is 2.09 bits per heavy atom. The molecule has 2 aromatic rings. The molecule has 0 bridgehead atoms. The Morgan fingerprint density at radius 1 is 1.14 bits per heavy atom. The maximum Gasteiger partial charge on any atom is 0.178 e. The Bertz CT molecular complexity index is 683. The average Bonchev–Trinajstić information content (AvgIpc) is 3.33. The molecule has 2 aliphatic carbocycles. The number of anilines is 1. The fraction of sp³-hybridized carbons (Fsp3) is 0.588. The molecule has 1 N–H and O–H groups in total. The molecule has 2 aliphatic rings. The molecule has 1 saturated carbocycles. The minimum absolute atomic E-state index is 0.564. The van der Waals surface area contributed by atoms with Crippen LogP contribution in [0.2, 0.25) is 0 Å². The van der Waals surface area contributed by atoms with Crippen LogP contribution in [-0.4, -0.2) is 26.4 Å². The zero-order chi connectivity index (χ0) is 14.8. The van der Waals surface area contributed by atoms with Gasteiger partial charge in [-0.1, -0.05) is 18.1 Å². The largest absolute Gasteiger partial charge is 0.368 e. The Balaban J connectivity index is 1.41. The SMILES string of the molecule is C1=C(CCNc2ccc3nnc(C4CC4)n3n2)CCCCC1. The van der Waals surface area contributed by atoms with Crippen LogP contribution < -0.4 is 5.32 Å². The lowest BCUT2D eigenvalue weighted by Gasteiger charge is -2.08. The summed E-state index contributed by atoms with van der Waals surface area (Å²) in [6.45, 7) is 0.950. The van der Waals surface area contributed by atoms with E-state index < -0.39 is 0 Å². The van der Waals surface area contributed by atoms with Crippen LogP contribution in [0.25, 0.3) is 5.65 Å². The van der Waals surface area contributed by atoms with Crippen LogP contribution in [0.1, 0.15) is 63.1 Å². The van der Waals surface area contributed by atoms with Crippen molar-refractivity contribution in [3.63, 3.8) is 0 Å². The second-order valence-electron chi connectivity index (χ2n) is 6.46. The van der Waals surface area contributed by atoms with Crippen molar-refractivity contribution in [3.8, 4) is 0 Å². The third-order valence-electron chi connectivity index (χ3n) is 4.62. The molecule has 0 amide bonds. The highest BCUT2D eigenvalue weighted by atomic mass is 15.4. The summed E-state index contributed by atoms with van der Waals surface area (Å²) in [7, 11) is 0. The van der Waals surface area contributed by atoms with Gasteiger partial charge >= 0.3 is 0 Å². The van der Waals surface area contributed by atoms with Crippen LogP contribution in [0, 0.1) is 0 Å². The molecule has 22 heavy (non-hydrogen) atoms. The lowest BCUT2D eigenvalue weighted by Crippen LogP contribution is -2.07. The van der Waals surface area contributed by atoms with E-state index in [9.17, 15) is 0 Å². The Labute approximate surface area is 130 Å². The molecule has 116 valence electrons. The fourth-order valence-corrected chi connectivity index (χ4v) is 3.16. The molecule has 2 aromatic heterocycles. The zero-order valence-corrected chi connectivity index (χ0v) is 13.0. The van der Waals surface area contributed by atoms with Gasteiger partial charge in [-0.3, -0.25) is 0 Å². The van der Waals surface area contributed by atoms with E-state index in [0.29, 0.717) is 5.92 Å². The third-order valence-corrected chi connectivity index (χ3v) is 4.62. The Kier molecular flexibility index (Phi) is 3.79. The number of hydrogen-bond donors (Lipinski definition) is 1. The monoisotopic (exact) mass is 297 g/mol. The first-order chi connectivity index (χ1) is 10.9. The van der Waals surface area contributed by atoms with Crippen LogP contribution >= 0.6 is 0 Å². The van der Waals surface area contributed by atoms with Crippen LogP contribution in [0.15, 0.2) is 23.8 Å². The van der Waals surface area contributed by atoms with Gasteiger partial charge in [0.1, 0.15) is 5.82 Å². The molecule has 0 saturated heterocycles. The van der Waals surface area contributed by atoms with Crippen molar-refractivity contribution in [2.45, 2.75) is 57.3 Å². The van der Waals surface area contributed by atoms with Crippen LogP contribution in [-0.2, 0) is 0 Å². The second-order valence-corrected chi connectivity index (χ2v) is 6.46. The maximum atomic E-state index is 4.66. The van der Waals surface area contributed by atoms with Gasteiger partial charge in [-0.05, 0) is 57.1 Å². The third kappa shape index (κ3) is 2.98. The maximum absolute atomic E-state index is 4.66. The summed E-state index contributed by atoms with van der Waals surface area (Å²) in [6, 6.07) is 4.00. The summed E-state index contributed by atoms with van der Waals surface area (Å²) >= 11 is 0. The van der Waals surface area contributed by atoms with Crippen LogP contribution in [0.4, 0.5) is 5.82 Å². The first kappa shape index (κ1) is 13.7. The van der Waals surface area contributed by atoms with Crippen molar-refractivity contribution in [2.75, 3.05) is 11.9 Å². The predicted molar refractivity (Wildman–Crippen MR) is 87.0 cm³/mol.